The van der Waals surface area contributed by atoms with Gasteiger partial charge in [-0.15, -0.1) is 0 Å². The minimum absolute atomic E-state index is 0.0239. The van der Waals surface area contributed by atoms with Gasteiger partial charge in [0.25, 0.3) is 23.6 Å². The maximum atomic E-state index is 16.4. The highest BCUT2D eigenvalue weighted by Crippen LogP contribution is 2.52. The van der Waals surface area contributed by atoms with Crippen molar-refractivity contribution in [2.75, 3.05) is 13.1 Å². The molecule has 0 spiro atoms. The third-order valence-corrected chi connectivity index (χ3v) is 14.6. The van der Waals surface area contributed by atoms with Gasteiger partial charge in [0, 0.05) is 58.0 Å². The molecule has 2 unspecified atom stereocenters. The zero-order chi connectivity index (χ0) is 43.9. The molecule has 10 heteroatoms. The van der Waals surface area contributed by atoms with Crippen LogP contribution in [-0.4, -0.2) is 58.4 Å². The maximum Gasteiger partial charge on any atom is 0.314 e. The van der Waals surface area contributed by atoms with E-state index in [-0.39, 0.29) is 54.5 Å². The third-order valence-electron chi connectivity index (χ3n) is 14.6. The highest BCUT2D eigenvalue weighted by molar-refractivity contribution is 6.41. The normalized spacial score (nSPS) is 17.5. The van der Waals surface area contributed by atoms with Gasteiger partial charge in [-0.1, -0.05) is 129 Å². The summed E-state index contributed by atoms with van der Waals surface area (Å²) in [5.74, 6) is -14.0. The second-order valence-corrected chi connectivity index (χ2v) is 18.6. The molecule has 5 aromatic rings. The summed E-state index contributed by atoms with van der Waals surface area (Å²) in [6.45, 7) is 5.87. The zero-order valence-electron chi connectivity index (χ0n) is 36.5. The van der Waals surface area contributed by atoms with Gasteiger partial charge in [-0.3, -0.25) is 29.0 Å². The Morgan fingerprint density at radius 1 is 0.500 bits per heavy atom. The van der Waals surface area contributed by atoms with Crippen LogP contribution < -0.4 is 0 Å². The van der Waals surface area contributed by atoms with Crippen LogP contribution in [0.1, 0.15) is 178 Å². The molecule has 0 bridgehead atoms. The van der Waals surface area contributed by atoms with Crippen LogP contribution in [-0.2, 0) is 0 Å². The van der Waals surface area contributed by atoms with Gasteiger partial charge in [0.05, 0.1) is 0 Å². The fourth-order valence-corrected chi connectivity index (χ4v) is 11.1. The van der Waals surface area contributed by atoms with Crippen molar-refractivity contribution >= 4 is 66.7 Å². The van der Waals surface area contributed by atoms with Gasteiger partial charge >= 0.3 is 11.8 Å². The van der Waals surface area contributed by atoms with Gasteiger partial charge in [0.15, 0.2) is 0 Å². The van der Waals surface area contributed by atoms with Crippen molar-refractivity contribution in [3.63, 3.8) is 0 Å². The summed E-state index contributed by atoms with van der Waals surface area (Å²) >= 11 is 0. The molecule has 8 rings (SSSR count). The maximum absolute atomic E-state index is 16.4. The molecule has 0 radical (unpaired) electrons. The van der Waals surface area contributed by atoms with Gasteiger partial charge in [-0.05, 0) is 94.6 Å². The van der Waals surface area contributed by atoms with Crippen LogP contribution in [0.25, 0.3) is 43.1 Å². The predicted octanol–water partition coefficient (Wildman–Crippen LogP) is 14.1. The van der Waals surface area contributed by atoms with E-state index in [4.69, 9.17) is 0 Å². The number of halogens is 4. The van der Waals surface area contributed by atoms with E-state index in [0.29, 0.717) is 63.9 Å². The van der Waals surface area contributed by atoms with E-state index in [1.165, 1.54) is 4.90 Å². The number of fused-ring (bicyclic) bond motifs is 2. The molecule has 1 saturated carbocycles. The Balaban J connectivity index is 1.16. The van der Waals surface area contributed by atoms with Crippen LogP contribution in [0.3, 0.4) is 0 Å². The number of nitrogens with zero attached hydrogens (tertiary/aromatic N) is 2. The van der Waals surface area contributed by atoms with E-state index in [2.05, 4.69) is 13.8 Å². The van der Waals surface area contributed by atoms with E-state index < -0.39 is 42.0 Å². The Bertz CT molecular complexity index is 2390. The van der Waals surface area contributed by atoms with Crippen molar-refractivity contribution in [2.45, 2.75) is 148 Å². The van der Waals surface area contributed by atoms with Crippen molar-refractivity contribution in [3.05, 3.63) is 70.8 Å². The summed E-state index contributed by atoms with van der Waals surface area (Å²) in [4.78, 5) is 59.7. The largest absolute Gasteiger partial charge is 0.314 e. The molecule has 1 aliphatic carbocycles. The summed E-state index contributed by atoms with van der Waals surface area (Å²) in [6.07, 6.45) is 12.5. The average Bonchev–Trinajstić information content (AvgIpc) is 3.28. The highest BCUT2D eigenvalue weighted by Gasteiger charge is 2.64. The number of hydrogen-bond acceptors (Lipinski definition) is 4. The monoisotopic (exact) mass is 852 g/mol. The van der Waals surface area contributed by atoms with E-state index in [1.807, 2.05) is 19.1 Å². The molecule has 2 atom stereocenters. The minimum atomic E-state index is -4.43. The Labute approximate surface area is 362 Å². The molecule has 5 aromatic carbocycles. The van der Waals surface area contributed by atoms with Crippen LogP contribution in [0.15, 0.2) is 48.5 Å². The molecule has 1 fully saturated rings. The Kier molecular flexibility index (Phi) is 12.7. The van der Waals surface area contributed by atoms with Gasteiger partial charge in [-0.2, -0.15) is 17.6 Å². The number of alkyl halides is 4. The highest BCUT2D eigenvalue weighted by atomic mass is 19.3. The van der Waals surface area contributed by atoms with E-state index in [0.717, 1.165) is 91.7 Å². The van der Waals surface area contributed by atoms with Crippen LogP contribution in [0.5, 0.6) is 0 Å². The Hall–Kier alpha value is -4.60. The van der Waals surface area contributed by atoms with E-state index in [1.54, 1.807) is 36.4 Å². The fourth-order valence-electron chi connectivity index (χ4n) is 11.1. The molecule has 0 saturated heterocycles. The van der Waals surface area contributed by atoms with Crippen molar-refractivity contribution < 1.29 is 36.7 Å². The van der Waals surface area contributed by atoms with Crippen molar-refractivity contribution in [2.24, 2.45) is 17.8 Å². The van der Waals surface area contributed by atoms with Crippen LogP contribution in [0.4, 0.5) is 17.6 Å². The van der Waals surface area contributed by atoms with Crippen LogP contribution in [0, 0.1) is 17.8 Å². The SMILES string of the molecule is CCCCCCC(CCCC)CN1C(=O)c2ccc3c4ccc5c6c(ccc(c7ccc(c2c37)C1=O)c64)C(=O)N(CC(CCCCCC)C(F)(F)C(F)(F)C1CCCCC1)C5=O. The second kappa shape index (κ2) is 17.9. The average molecular weight is 853 g/mol. The Morgan fingerprint density at radius 2 is 0.903 bits per heavy atom. The van der Waals surface area contributed by atoms with Gasteiger partial charge in [-0.25, -0.2) is 0 Å². The quantitative estimate of drug-likeness (QED) is 0.0257. The molecule has 330 valence electrons. The first-order valence-electron chi connectivity index (χ1n) is 23.5. The fraction of sp³-hybridized carbons (Fsp3) is 0.538. The third kappa shape index (κ3) is 7.44. The zero-order valence-corrected chi connectivity index (χ0v) is 36.5. The summed E-state index contributed by atoms with van der Waals surface area (Å²) in [7, 11) is 0. The standard InChI is InChI=1S/C52H60F4N2O4/c1-4-7-10-13-18-32(17-9-6-3)30-57-47(59)39-26-22-35-37-24-28-41-46-42(29-25-38(44(37)46)36-23-27-40(48(57)60)45(39)43(35)36)50(62)58(49(41)61)31-34(21-14-11-8-5-2)52(55,56)51(53,54)33-19-15-12-16-20-33/h22-29,32-34H,4-21,30-31H2,1-3H3. The topological polar surface area (TPSA) is 74.8 Å². The summed E-state index contributed by atoms with van der Waals surface area (Å²) in [5.41, 5.74) is 1.22. The van der Waals surface area contributed by atoms with Gasteiger partial charge in [0.2, 0.25) is 0 Å². The first kappa shape index (κ1) is 44.0. The minimum Gasteiger partial charge on any atom is -0.274 e. The summed E-state index contributed by atoms with van der Waals surface area (Å²) in [6, 6.07) is 14.0. The molecule has 62 heavy (non-hydrogen) atoms. The smallest absolute Gasteiger partial charge is 0.274 e. The van der Waals surface area contributed by atoms with Crippen LogP contribution in [0.2, 0.25) is 0 Å². The molecule has 2 aliphatic heterocycles. The molecule has 0 N–H and O–H groups in total. The number of carbonyl (C=O) groups is 4. The number of imide groups is 2. The lowest BCUT2D eigenvalue weighted by Gasteiger charge is -2.41. The first-order valence-corrected chi connectivity index (χ1v) is 23.5. The number of amides is 4. The molecule has 6 nitrogen and oxygen atoms in total. The number of benzene rings is 5. The molecule has 4 amide bonds. The lowest BCUT2D eigenvalue weighted by molar-refractivity contribution is -0.266. The van der Waals surface area contributed by atoms with Crippen molar-refractivity contribution in [3.8, 4) is 0 Å². The summed E-state index contributed by atoms with van der Waals surface area (Å²) in [5, 5.41) is 5.30. The molecular weight excluding hydrogens is 793 g/mol. The molecular formula is C52H60F4N2O4. The predicted molar refractivity (Wildman–Crippen MR) is 239 cm³/mol. The molecule has 0 aromatic heterocycles. The van der Waals surface area contributed by atoms with Crippen LogP contribution >= 0.6 is 0 Å². The second-order valence-electron chi connectivity index (χ2n) is 18.6. The van der Waals surface area contributed by atoms with E-state index >= 15 is 17.6 Å². The van der Waals surface area contributed by atoms with E-state index in [9.17, 15) is 19.2 Å². The van der Waals surface area contributed by atoms with Gasteiger partial charge in [0.1, 0.15) is 0 Å². The molecule has 2 heterocycles. The van der Waals surface area contributed by atoms with Crippen molar-refractivity contribution in [1.29, 1.82) is 0 Å². The lowest BCUT2D eigenvalue weighted by Crippen LogP contribution is -2.55. The first-order chi connectivity index (χ1) is 29.9. The summed E-state index contributed by atoms with van der Waals surface area (Å²) < 4.78 is 64.7. The number of carbonyl (C=O) groups excluding carboxylic acids is 4. The molecule has 3 aliphatic rings. The number of unbranched alkanes of at least 4 members (excludes halogenated alkanes) is 7. The lowest BCUT2D eigenvalue weighted by atomic mass is 9.77. The number of hydrogen-bond donors (Lipinski definition) is 0. The Morgan fingerprint density at radius 3 is 1.34 bits per heavy atom. The van der Waals surface area contributed by atoms with Crippen molar-refractivity contribution in [1.82, 2.24) is 9.80 Å². The number of rotatable bonds is 20. The van der Waals surface area contributed by atoms with Gasteiger partial charge < -0.3 is 0 Å².